The van der Waals surface area contributed by atoms with Crippen LogP contribution in [0, 0.1) is 5.92 Å². The second-order valence-electron chi connectivity index (χ2n) is 6.76. The Morgan fingerprint density at radius 3 is 2.26 bits per heavy atom. The van der Waals surface area contributed by atoms with Crippen molar-refractivity contribution in [3.63, 3.8) is 0 Å². The largest absolute Gasteiger partial charge is 0.352 e. The molecule has 1 N–H and O–H groups in total. The molecule has 3 heteroatoms. The van der Waals surface area contributed by atoms with Crippen LogP contribution >= 0.6 is 0 Å². The van der Waals surface area contributed by atoms with E-state index >= 15 is 0 Å². The highest BCUT2D eigenvalue weighted by Crippen LogP contribution is 2.26. The SMILES string of the molecule is CCN(CC)Cc1ccc(CNC(=O)CC2CCCCC2)cc1. The van der Waals surface area contributed by atoms with Crippen molar-refractivity contribution in [2.75, 3.05) is 13.1 Å². The van der Waals surface area contributed by atoms with E-state index in [2.05, 4.69) is 48.3 Å². The molecule has 1 aliphatic rings. The summed E-state index contributed by atoms with van der Waals surface area (Å²) in [4.78, 5) is 14.5. The van der Waals surface area contributed by atoms with Crippen molar-refractivity contribution in [1.29, 1.82) is 0 Å². The minimum atomic E-state index is 0.212. The summed E-state index contributed by atoms with van der Waals surface area (Å²) in [5.74, 6) is 0.823. The van der Waals surface area contributed by atoms with Crippen LogP contribution in [-0.2, 0) is 17.9 Å². The normalized spacial score (nSPS) is 15.8. The number of nitrogens with zero attached hydrogens (tertiary/aromatic N) is 1. The molecule has 3 nitrogen and oxygen atoms in total. The van der Waals surface area contributed by atoms with Crippen LogP contribution in [0.25, 0.3) is 0 Å². The Bertz CT molecular complexity index is 459. The summed E-state index contributed by atoms with van der Waals surface area (Å²) in [6, 6.07) is 8.64. The molecule has 0 spiro atoms. The first-order chi connectivity index (χ1) is 11.2. The summed E-state index contributed by atoms with van der Waals surface area (Å²) >= 11 is 0. The van der Waals surface area contributed by atoms with E-state index in [1.54, 1.807) is 0 Å². The molecule has 2 rings (SSSR count). The minimum Gasteiger partial charge on any atom is -0.352 e. The lowest BCUT2D eigenvalue weighted by molar-refractivity contribution is -0.122. The molecule has 0 radical (unpaired) electrons. The van der Waals surface area contributed by atoms with Crippen molar-refractivity contribution in [3.8, 4) is 0 Å². The first-order valence-corrected chi connectivity index (χ1v) is 9.28. The van der Waals surface area contributed by atoms with E-state index in [-0.39, 0.29) is 5.91 Å². The fourth-order valence-corrected chi connectivity index (χ4v) is 3.39. The summed E-state index contributed by atoms with van der Waals surface area (Å²) in [6.07, 6.45) is 7.11. The molecule has 128 valence electrons. The van der Waals surface area contributed by atoms with Gasteiger partial charge >= 0.3 is 0 Å². The molecule has 0 bridgehead atoms. The zero-order chi connectivity index (χ0) is 16.5. The summed E-state index contributed by atoms with van der Waals surface area (Å²) < 4.78 is 0. The maximum absolute atomic E-state index is 12.1. The van der Waals surface area contributed by atoms with Crippen LogP contribution < -0.4 is 5.32 Å². The van der Waals surface area contributed by atoms with E-state index in [1.165, 1.54) is 43.2 Å². The number of carbonyl (C=O) groups excluding carboxylic acids is 1. The molecule has 0 unspecified atom stereocenters. The molecule has 23 heavy (non-hydrogen) atoms. The maximum atomic E-state index is 12.1. The fraction of sp³-hybridized carbons (Fsp3) is 0.650. The van der Waals surface area contributed by atoms with Gasteiger partial charge in [0.25, 0.3) is 0 Å². The van der Waals surface area contributed by atoms with E-state index in [1.807, 2.05) is 0 Å². The van der Waals surface area contributed by atoms with Crippen LogP contribution in [0.2, 0.25) is 0 Å². The maximum Gasteiger partial charge on any atom is 0.220 e. The van der Waals surface area contributed by atoms with Crippen molar-refractivity contribution in [1.82, 2.24) is 10.2 Å². The highest BCUT2D eigenvalue weighted by atomic mass is 16.1. The monoisotopic (exact) mass is 316 g/mol. The van der Waals surface area contributed by atoms with Crippen molar-refractivity contribution in [2.45, 2.75) is 65.5 Å². The van der Waals surface area contributed by atoms with Gasteiger partial charge in [-0.3, -0.25) is 9.69 Å². The molecule has 1 saturated carbocycles. The summed E-state index contributed by atoms with van der Waals surface area (Å²) in [5, 5.41) is 3.08. The van der Waals surface area contributed by atoms with Gasteiger partial charge in [-0.25, -0.2) is 0 Å². The lowest BCUT2D eigenvalue weighted by Crippen LogP contribution is -2.26. The highest BCUT2D eigenvalue weighted by molar-refractivity contribution is 5.76. The zero-order valence-corrected chi connectivity index (χ0v) is 14.8. The second-order valence-corrected chi connectivity index (χ2v) is 6.76. The Morgan fingerprint density at radius 1 is 1.04 bits per heavy atom. The van der Waals surface area contributed by atoms with E-state index in [4.69, 9.17) is 0 Å². The van der Waals surface area contributed by atoms with Crippen LogP contribution in [0.4, 0.5) is 0 Å². The molecular formula is C20H32N2O. The Hall–Kier alpha value is -1.35. The third-order valence-electron chi connectivity index (χ3n) is 5.01. The molecular weight excluding hydrogens is 284 g/mol. The van der Waals surface area contributed by atoms with Gasteiger partial charge in [-0.15, -0.1) is 0 Å². The van der Waals surface area contributed by atoms with Crippen molar-refractivity contribution >= 4 is 5.91 Å². The van der Waals surface area contributed by atoms with Gasteiger partial charge in [-0.05, 0) is 43.0 Å². The van der Waals surface area contributed by atoms with E-state index < -0.39 is 0 Å². The average Bonchev–Trinajstić information content (AvgIpc) is 2.60. The third kappa shape index (κ3) is 6.34. The molecule has 1 amide bonds. The molecule has 1 aromatic rings. The molecule has 0 heterocycles. The lowest BCUT2D eigenvalue weighted by atomic mass is 9.87. The van der Waals surface area contributed by atoms with Gasteiger partial charge < -0.3 is 5.32 Å². The zero-order valence-electron chi connectivity index (χ0n) is 14.8. The Labute approximate surface area is 141 Å². The number of carbonyl (C=O) groups is 1. The van der Waals surface area contributed by atoms with Gasteiger partial charge in [0, 0.05) is 19.5 Å². The molecule has 0 aromatic heterocycles. The summed E-state index contributed by atoms with van der Waals surface area (Å²) in [7, 11) is 0. The van der Waals surface area contributed by atoms with Gasteiger partial charge in [-0.1, -0.05) is 57.4 Å². The summed E-state index contributed by atoms with van der Waals surface area (Å²) in [5.41, 5.74) is 2.52. The predicted octanol–water partition coefficient (Wildman–Crippen LogP) is 4.12. The summed E-state index contributed by atoms with van der Waals surface area (Å²) in [6.45, 7) is 8.20. The topological polar surface area (TPSA) is 32.3 Å². The number of hydrogen-bond donors (Lipinski definition) is 1. The van der Waals surface area contributed by atoms with Gasteiger partial charge in [0.1, 0.15) is 0 Å². The Kier molecular flexibility index (Phi) is 7.60. The smallest absolute Gasteiger partial charge is 0.220 e. The molecule has 0 aliphatic heterocycles. The van der Waals surface area contributed by atoms with Crippen LogP contribution in [0.15, 0.2) is 24.3 Å². The van der Waals surface area contributed by atoms with Crippen LogP contribution in [0.3, 0.4) is 0 Å². The van der Waals surface area contributed by atoms with E-state index in [0.717, 1.165) is 19.6 Å². The third-order valence-corrected chi connectivity index (χ3v) is 5.01. The van der Waals surface area contributed by atoms with Gasteiger partial charge in [0.2, 0.25) is 5.91 Å². The van der Waals surface area contributed by atoms with Gasteiger partial charge in [0.05, 0.1) is 0 Å². The molecule has 1 fully saturated rings. The number of hydrogen-bond acceptors (Lipinski definition) is 2. The van der Waals surface area contributed by atoms with Crippen LogP contribution in [-0.4, -0.2) is 23.9 Å². The van der Waals surface area contributed by atoms with Gasteiger partial charge in [-0.2, -0.15) is 0 Å². The Morgan fingerprint density at radius 2 is 1.65 bits per heavy atom. The number of amides is 1. The van der Waals surface area contributed by atoms with E-state index in [0.29, 0.717) is 18.9 Å². The molecule has 0 atom stereocenters. The van der Waals surface area contributed by atoms with Crippen molar-refractivity contribution < 1.29 is 4.79 Å². The number of nitrogens with one attached hydrogen (secondary N) is 1. The molecule has 1 aliphatic carbocycles. The highest BCUT2D eigenvalue weighted by Gasteiger charge is 2.16. The second kappa shape index (κ2) is 9.71. The lowest BCUT2D eigenvalue weighted by Gasteiger charge is -2.21. The minimum absolute atomic E-state index is 0.212. The quantitative estimate of drug-likeness (QED) is 0.782. The Balaban J connectivity index is 1.73. The van der Waals surface area contributed by atoms with Crippen LogP contribution in [0.5, 0.6) is 0 Å². The standard InChI is InChI=1S/C20H32N2O/c1-3-22(4-2)16-19-12-10-18(11-13-19)15-21-20(23)14-17-8-6-5-7-9-17/h10-13,17H,3-9,14-16H2,1-2H3,(H,21,23). The predicted molar refractivity (Wildman–Crippen MR) is 96.1 cm³/mol. The first kappa shape index (κ1) is 18.0. The molecule has 0 saturated heterocycles. The first-order valence-electron chi connectivity index (χ1n) is 9.28. The van der Waals surface area contributed by atoms with Crippen LogP contribution in [0.1, 0.15) is 63.5 Å². The van der Waals surface area contributed by atoms with Crippen molar-refractivity contribution in [2.24, 2.45) is 5.92 Å². The number of benzene rings is 1. The van der Waals surface area contributed by atoms with Crippen molar-refractivity contribution in [3.05, 3.63) is 35.4 Å². The van der Waals surface area contributed by atoms with E-state index in [9.17, 15) is 4.79 Å². The average molecular weight is 316 g/mol. The fourth-order valence-electron chi connectivity index (χ4n) is 3.39. The number of rotatable bonds is 8. The van der Waals surface area contributed by atoms with Gasteiger partial charge in [0.15, 0.2) is 0 Å². The molecule has 1 aromatic carbocycles.